The molecule has 0 unspecified atom stereocenters. The summed E-state index contributed by atoms with van der Waals surface area (Å²) in [4.78, 5) is 0.388. The molecule has 0 aromatic heterocycles. The molecule has 0 saturated heterocycles. The van der Waals surface area contributed by atoms with Crippen LogP contribution in [0.3, 0.4) is 0 Å². The zero-order valence-electron chi connectivity index (χ0n) is 8.73. The molecule has 15 heavy (non-hydrogen) atoms. The van der Waals surface area contributed by atoms with Gasteiger partial charge in [-0.3, -0.25) is 0 Å². The first-order chi connectivity index (χ1) is 7.06. The van der Waals surface area contributed by atoms with Crippen molar-refractivity contribution in [3.8, 4) is 12.3 Å². The van der Waals surface area contributed by atoms with Gasteiger partial charge in [0.15, 0.2) is 9.84 Å². The van der Waals surface area contributed by atoms with E-state index in [2.05, 4.69) is 5.92 Å². The van der Waals surface area contributed by atoms with Gasteiger partial charge in [0.25, 0.3) is 0 Å². The predicted molar refractivity (Wildman–Crippen MR) is 61.3 cm³/mol. The van der Waals surface area contributed by atoms with Gasteiger partial charge in [-0.25, -0.2) is 8.42 Å². The Labute approximate surface area is 91.2 Å². The predicted octanol–water partition coefficient (Wildman–Crippen LogP) is 2.18. The van der Waals surface area contributed by atoms with Crippen molar-refractivity contribution in [3.63, 3.8) is 0 Å². The molecule has 0 heterocycles. The number of hydrogen-bond acceptors (Lipinski definition) is 2. The number of aryl methyl sites for hydroxylation is 1. The Morgan fingerprint density at radius 1 is 1.40 bits per heavy atom. The molecular weight excluding hydrogens is 208 g/mol. The van der Waals surface area contributed by atoms with Gasteiger partial charge < -0.3 is 0 Å². The Bertz CT molecular complexity index is 467. The van der Waals surface area contributed by atoms with E-state index in [1.807, 2.05) is 13.0 Å². The standard InChI is InChI=1S/C12H14O2S/c1-3-4-5-9-15(13,14)12-8-6-7-11(2)10-12/h1,6-8,10H,4-5,9H2,2H3. The van der Waals surface area contributed by atoms with E-state index in [0.717, 1.165) is 5.56 Å². The minimum absolute atomic E-state index is 0.126. The summed E-state index contributed by atoms with van der Waals surface area (Å²) in [7, 11) is -3.15. The molecule has 0 bridgehead atoms. The highest BCUT2D eigenvalue weighted by molar-refractivity contribution is 7.91. The van der Waals surface area contributed by atoms with Crippen LogP contribution in [0, 0.1) is 19.3 Å². The Morgan fingerprint density at radius 2 is 2.13 bits per heavy atom. The van der Waals surface area contributed by atoms with Crippen LogP contribution >= 0.6 is 0 Å². The maximum absolute atomic E-state index is 11.8. The molecule has 0 fully saturated rings. The fraction of sp³-hybridized carbons (Fsp3) is 0.333. The van der Waals surface area contributed by atoms with E-state index in [0.29, 0.717) is 17.7 Å². The second-order valence-corrected chi connectivity index (χ2v) is 5.55. The molecule has 80 valence electrons. The zero-order chi connectivity index (χ0) is 11.3. The number of terminal acetylenes is 1. The van der Waals surface area contributed by atoms with E-state index >= 15 is 0 Å². The quantitative estimate of drug-likeness (QED) is 0.578. The molecule has 0 amide bonds. The summed E-state index contributed by atoms with van der Waals surface area (Å²) in [6.07, 6.45) is 6.10. The van der Waals surface area contributed by atoms with Gasteiger partial charge in [-0.1, -0.05) is 12.1 Å². The second-order valence-electron chi connectivity index (χ2n) is 3.44. The SMILES string of the molecule is C#CCCCS(=O)(=O)c1cccc(C)c1. The molecule has 3 heteroatoms. The molecule has 0 N–H and O–H groups in total. The Morgan fingerprint density at radius 3 is 2.73 bits per heavy atom. The average Bonchev–Trinajstić information content (AvgIpc) is 2.18. The van der Waals surface area contributed by atoms with Crippen molar-refractivity contribution in [1.29, 1.82) is 0 Å². The third kappa shape index (κ3) is 3.41. The van der Waals surface area contributed by atoms with Gasteiger partial charge in [0.2, 0.25) is 0 Å². The number of unbranched alkanes of at least 4 members (excludes halogenated alkanes) is 1. The largest absolute Gasteiger partial charge is 0.224 e. The van der Waals surface area contributed by atoms with Gasteiger partial charge in [0.1, 0.15) is 0 Å². The summed E-state index contributed by atoms with van der Waals surface area (Å²) in [5.41, 5.74) is 0.952. The Kier molecular flexibility index (Phi) is 3.93. The van der Waals surface area contributed by atoms with Crippen LogP contribution < -0.4 is 0 Å². The van der Waals surface area contributed by atoms with E-state index in [1.54, 1.807) is 18.2 Å². The lowest BCUT2D eigenvalue weighted by molar-refractivity contribution is 0.593. The summed E-state index contributed by atoms with van der Waals surface area (Å²) in [6, 6.07) is 6.94. The zero-order valence-corrected chi connectivity index (χ0v) is 9.55. The van der Waals surface area contributed by atoms with E-state index in [4.69, 9.17) is 6.42 Å². The van der Waals surface area contributed by atoms with Gasteiger partial charge in [-0.05, 0) is 31.0 Å². The van der Waals surface area contributed by atoms with E-state index < -0.39 is 9.84 Å². The molecule has 0 radical (unpaired) electrons. The molecule has 0 spiro atoms. The lowest BCUT2D eigenvalue weighted by atomic mass is 10.2. The van der Waals surface area contributed by atoms with Crippen molar-refractivity contribution in [2.24, 2.45) is 0 Å². The molecule has 0 saturated carbocycles. The highest BCUT2D eigenvalue weighted by Crippen LogP contribution is 2.14. The van der Waals surface area contributed by atoms with Crippen molar-refractivity contribution < 1.29 is 8.42 Å². The molecular formula is C12H14O2S. The van der Waals surface area contributed by atoms with Crippen LogP contribution in [0.4, 0.5) is 0 Å². The summed E-state index contributed by atoms with van der Waals surface area (Å²) in [5, 5.41) is 0. The van der Waals surface area contributed by atoms with E-state index in [1.165, 1.54) is 0 Å². The molecule has 1 aromatic carbocycles. The minimum atomic E-state index is -3.15. The maximum atomic E-state index is 11.8. The summed E-state index contributed by atoms with van der Waals surface area (Å²) >= 11 is 0. The fourth-order valence-electron chi connectivity index (χ4n) is 1.29. The van der Waals surface area contributed by atoms with Crippen LogP contribution in [0.25, 0.3) is 0 Å². The molecule has 2 nitrogen and oxygen atoms in total. The maximum Gasteiger partial charge on any atom is 0.178 e. The molecule has 0 aliphatic carbocycles. The second kappa shape index (κ2) is 4.99. The van der Waals surface area contributed by atoms with Crippen molar-refractivity contribution >= 4 is 9.84 Å². The van der Waals surface area contributed by atoms with E-state index in [9.17, 15) is 8.42 Å². The third-order valence-corrected chi connectivity index (χ3v) is 3.88. The molecule has 1 rings (SSSR count). The highest BCUT2D eigenvalue weighted by Gasteiger charge is 2.13. The monoisotopic (exact) mass is 222 g/mol. The normalized spacial score (nSPS) is 10.9. The Hall–Kier alpha value is -1.27. The van der Waals surface area contributed by atoms with Crippen molar-refractivity contribution in [3.05, 3.63) is 29.8 Å². The van der Waals surface area contributed by atoms with Crippen LogP contribution in [-0.4, -0.2) is 14.2 Å². The number of sulfone groups is 1. The van der Waals surface area contributed by atoms with Crippen LogP contribution in [0.1, 0.15) is 18.4 Å². The van der Waals surface area contributed by atoms with Crippen LogP contribution in [0.5, 0.6) is 0 Å². The molecule has 0 aliphatic heterocycles. The van der Waals surface area contributed by atoms with Gasteiger partial charge in [-0.2, -0.15) is 0 Å². The lowest BCUT2D eigenvalue weighted by Gasteiger charge is -2.03. The summed E-state index contributed by atoms with van der Waals surface area (Å²) < 4.78 is 23.6. The van der Waals surface area contributed by atoms with Crippen molar-refractivity contribution in [2.45, 2.75) is 24.7 Å². The summed E-state index contributed by atoms with van der Waals surface area (Å²) in [5.74, 6) is 2.56. The first kappa shape index (κ1) is 11.8. The minimum Gasteiger partial charge on any atom is -0.224 e. The van der Waals surface area contributed by atoms with Crippen molar-refractivity contribution in [2.75, 3.05) is 5.75 Å². The first-order valence-corrected chi connectivity index (χ1v) is 6.44. The first-order valence-electron chi connectivity index (χ1n) is 4.79. The number of hydrogen-bond donors (Lipinski definition) is 0. The van der Waals surface area contributed by atoms with Gasteiger partial charge in [-0.15, -0.1) is 12.3 Å². The number of benzene rings is 1. The van der Waals surface area contributed by atoms with Crippen LogP contribution in [-0.2, 0) is 9.84 Å². The molecule has 1 aromatic rings. The van der Waals surface area contributed by atoms with Gasteiger partial charge in [0, 0.05) is 6.42 Å². The molecule has 0 atom stereocenters. The van der Waals surface area contributed by atoms with Crippen LogP contribution in [0.15, 0.2) is 29.2 Å². The topological polar surface area (TPSA) is 34.1 Å². The smallest absolute Gasteiger partial charge is 0.178 e. The van der Waals surface area contributed by atoms with Gasteiger partial charge >= 0.3 is 0 Å². The Balaban J connectivity index is 2.83. The third-order valence-electron chi connectivity index (χ3n) is 2.08. The van der Waals surface area contributed by atoms with Crippen LogP contribution in [0.2, 0.25) is 0 Å². The molecule has 0 aliphatic rings. The van der Waals surface area contributed by atoms with Crippen molar-refractivity contribution in [1.82, 2.24) is 0 Å². The fourth-order valence-corrected chi connectivity index (χ4v) is 2.70. The van der Waals surface area contributed by atoms with Gasteiger partial charge in [0.05, 0.1) is 10.6 Å². The summed E-state index contributed by atoms with van der Waals surface area (Å²) in [6.45, 7) is 1.88. The number of rotatable bonds is 4. The highest BCUT2D eigenvalue weighted by atomic mass is 32.2. The van der Waals surface area contributed by atoms with E-state index in [-0.39, 0.29) is 5.75 Å². The average molecular weight is 222 g/mol. The lowest BCUT2D eigenvalue weighted by Crippen LogP contribution is -2.06.